The SMILES string of the molecule is Cn1[nH]c(=S)c(=O)nc1OCC1=C(C(=O)O)N2C(=O)[C@@H](N)[C@H]2SC1. The van der Waals surface area contributed by atoms with Gasteiger partial charge < -0.3 is 15.6 Å². The smallest absolute Gasteiger partial charge is 0.352 e. The molecule has 2 aliphatic heterocycles. The topological polar surface area (TPSA) is 144 Å². The monoisotopic (exact) mass is 371 g/mol. The van der Waals surface area contributed by atoms with Crippen LogP contribution >= 0.6 is 24.0 Å². The number of aromatic nitrogens is 3. The molecule has 1 amide bonds. The summed E-state index contributed by atoms with van der Waals surface area (Å²) in [5, 5.41) is 11.6. The number of carbonyl (C=O) groups is 2. The van der Waals surface area contributed by atoms with Crippen molar-refractivity contribution in [3.63, 3.8) is 0 Å². The van der Waals surface area contributed by atoms with E-state index in [1.807, 2.05) is 0 Å². The van der Waals surface area contributed by atoms with Crippen LogP contribution < -0.4 is 16.0 Å². The van der Waals surface area contributed by atoms with E-state index in [4.69, 9.17) is 22.7 Å². The van der Waals surface area contributed by atoms with Gasteiger partial charge in [0.2, 0.25) is 5.91 Å². The Hall–Kier alpha value is -2.18. The summed E-state index contributed by atoms with van der Waals surface area (Å²) < 4.78 is 6.68. The first-order valence-corrected chi connectivity index (χ1v) is 8.22. The number of aryl methyl sites for hydroxylation is 1. The Balaban J connectivity index is 1.87. The molecular formula is C12H13N5O5S2. The van der Waals surface area contributed by atoms with Crippen molar-refractivity contribution in [2.75, 3.05) is 12.4 Å². The van der Waals surface area contributed by atoms with E-state index in [-0.39, 0.29) is 28.3 Å². The molecule has 2 aliphatic rings. The van der Waals surface area contributed by atoms with E-state index < -0.39 is 23.5 Å². The minimum atomic E-state index is -1.23. The van der Waals surface area contributed by atoms with Crippen molar-refractivity contribution >= 4 is 35.9 Å². The maximum Gasteiger partial charge on any atom is 0.352 e. The average molecular weight is 371 g/mol. The number of H-pyrrole nitrogens is 1. The minimum Gasteiger partial charge on any atom is -0.477 e. The van der Waals surface area contributed by atoms with E-state index in [0.29, 0.717) is 11.3 Å². The number of carboxylic acid groups (broad SMARTS) is 1. The molecule has 128 valence electrons. The van der Waals surface area contributed by atoms with Crippen molar-refractivity contribution in [1.82, 2.24) is 19.7 Å². The number of hydrogen-bond acceptors (Lipinski definition) is 8. The Morgan fingerprint density at radius 1 is 1.58 bits per heavy atom. The lowest BCUT2D eigenvalue weighted by Gasteiger charge is -2.47. The second-order valence-electron chi connectivity index (χ2n) is 5.18. The Bertz CT molecular complexity index is 875. The van der Waals surface area contributed by atoms with Crippen molar-refractivity contribution in [2.24, 2.45) is 12.8 Å². The Labute approximate surface area is 144 Å². The van der Waals surface area contributed by atoms with E-state index >= 15 is 0 Å². The second kappa shape index (κ2) is 6.03. The fraction of sp³-hybridized carbons (Fsp3) is 0.417. The van der Waals surface area contributed by atoms with E-state index in [9.17, 15) is 19.5 Å². The number of nitrogens with one attached hydrogen (secondary N) is 1. The third-order valence-corrected chi connectivity index (χ3v) is 5.24. The molecule has 24 heavy (non-hydrogen) atoms. The third-order valence-electron chi connectivity index (χ3n) is 3.61. The maximum absolute atomic E-state index is 11.8. The summed E-state index contributed by atoms with van der Waals surface area (Å²) in [5.74, 6) is -1.31. The van der Waals surface area contributed by atoms with Crippen LogP contribution in [0.2, 0.25) is 0 Å². The molecule has 0 aromatic carbocycles. The summed E-state index contributed by atoms with van der Waals surface area (Å²) >= 11 is 6.13. The normalized spacial score (nSPS) is 22.9. The van der Waals surface area contributed by atoms with E-state index in [1.54, 1.807) is 7.05 Å². The van der Waals surface area contributed by atoms with Crippen LogP contribution in [0.1, 0.15) is 0 Å². The quantitative estimate of drug-likeness (QED) is 0.439. The number of nitrogens with two attached hydrogens (primary N) is 1. The van der Waals surface area contributed by atoms with Crippen molar-refractivity contribution in [1.29, 1.82) is 0 Å². The van der Waals surface area contributed by atoms with E-state index in [0.717, 1.165) is 0 Å². The Morgan fingerprint density at radius 3 is 2.96 bits per heavy atom. The number of β-lactam (4-membered cyclic amide) rings is 1. The van der Waals surface area contributed by atoms with Crippen LogP contribution in [-0.4, -0.2) is 60.4 Å². The number of aliphatic carboxylic acids is 1. The standard InChI is InChI=1S/C12H13N5O5S2/c1-16-12(14-7(18)8(23)15-16)22-2-4-3-24-10-5(13)9(19)17(10)6(4)11(20)21/h5,10H,2-3,13H2,1H3,(H,15,23)(H,20,21)/t5-,10-/m1/s1. The van der Waals surface area contributed by atoms with Crippen LogP contribution in [0, 0.1) is 4.64 Å². The fourth-order valence-corrected chi connectivity index (χ4v) is 3.89. The molecule has 0 saturated carbocycles. The third kappa shape index (κ3) is 2.61. The highest BCUT2D eigenvalue weighted by molar-refractivity contribution is 8.00. The average Bonchev–Trinajstić information content (AvgIpc) is 2.55. The first-order chi connectivity index (χ1) is 11.3. The maximum atomic E-state index is 11.8. The highest BCUT2D eigenvalue weighted by Crippen LogP contribution is 2.39. The number of ether oxygens (including phenoxy) is 1. The molecule has 3 heterocycles. The molecule has 2 atom stereocenters. The number of rotatable bonds is 4. The van der Waals surface area contributed by atoms with Crippen LogP contribution in [0.4, 0.5) is 0 Å². The number of carboxylic acids is 1. The molecule has 3 rings (SSSR count). The number of aromatic amines is 1. The molecule has 1 saturated heterocycles. The molecule has 1 aromatic heterocycles. The Morgan fingerprint density at radius 2 is 2.29 bits per heavy atom. The van der Waals surface area contributed by atoms with Gasteiger partial charge in [-0.2, -0.15) is 4.98 Å². The number of amides is 1. The number of nitrogens with zero attached hydrogens (tertiary/aromatic N) is 3. The van der Waals surface area contributed by atoms with Crippen molar-refractivity contribution in [2.45, 2.75) is 11.4 Å². The second-order valence-corrected chi connectivity index (χ2v) is 6.69. The molecule has 12 heteroatoms. The fourth-order valence-electron chi connectivity index (χ4n) is 2.43. The summed E-state index contributed by atoms with van der Waals surface area (Å²) in [6, 6.07) is -0.729. The number of carbonyl (C=O) groups excluding carboxylic acids is 1. The van der Waals surface area contributed by atoms with Gasteiger partial charge in [0.15, 0.2) is 4.64 Å². The molecule has 10 nitrogen and oxygen atoms in total. The van der Waals surface area contributed by atoms with Crippen LogP contribution in [0.15, 0.2) is 16.1 Å². The van der Waals surface area contributed by atoms with Crippen molar-refractivity contribution in [3.05, 3.63) is 26.3 Å². The molecule has 1 fully saturated rings. The van der Waals surface area contributed by atoms with Crippen molar-refractivity contribution in [3.8, 4) is 6.01 Å². The predicted octanol–water partition coefficient (Wildman–Crippen LogP) is -1.20. The molecule has 0 radical (unpaired) electrons. The number of hydrogen-bond donors (Lipinski definition) is 3. The molecule has 4 N–H and O–H groups in total. The van der Waals surface area contributed by atoms with Gasteiger partial charge in [-0.3, -0.25) is 19.6 Å². The zero-order chi connectivity index (χ0) is 17.6. The molecule has 0 spiro atoms. The van der Waals surface area contributed by atoms with Gasteiger partial charge in [0, 0.05) is 18.4 Å². The number of thioether (sulfide) groups is 1. The van der Waals surface area contributed by atoms with Gasteiger partial charge in [-0.25, -0.2) is 9.48 Å². The van der Waals surface area contributed by atoms with Crippen LogP contribution in [0.25, 0.3) is 0 Å². The Kier molecular flexibility index (Phi) is 4.19. The summed E-state index contributed by atoms with van der Waals surface area (Å²) in [7, 11) is 1.55. The molecule has 0 aliphatic carbocycles. The molecule has 0 bridgehead atoms. The van der Waals surface area contributed by atoms with Gasteiger partial charge in [-0.05, 0) is 0 Å². The van der Waals surface area contributed by atoms with Crippen LogP contribution in [0.5, 0.6) is 6.01 Å². The first kappa shape index (κ1) is 16.7. The van der Waals surface area contributed by atoms with Crippen LogP contribution in [0.3, 0.4) is 0 Å². The van der Waals surface area contributed by atoms with Gasteiger partial charge in [-0.15, -0.1) is 11.8 Å². The van der Waals surface area contributed by atoms with Gasteiger partial charge >= 0.3 is 17.5 Å². The van der Waals surface area contributed by atoms with Gasteiger partial charge in [-0.1, -0.05) is 12.2 Å². The highest BCUT2D eigenvalue weighted by atomic mass is 32.2. The van der Waals surface area contributed by atoms with Crippen LogP contribution in [-0.2, 0) is 16.6 Å². The summed E-state index contributed by atoms with van der Waals surface area (Å²) in [6.45, 7) is -0.134. The van der Waals surface area contributed by atoms with E-state index in [2.05, 4.69) is 10.1 Å². The lowest BCUT2D eigenvalue weighted by Crippen LogP contribution is -2.68. The summed E-state index contributed by atoms with van der Waals surface area (Å²) in [4.78, 5) is 39.7. The lowest BCUT2D eigenvalue weighted by atomic mass is 10.0. The van der Waals surface area contributed by atoms with Crippen molar-refractivity contribution < 1.29 is 19.4 Å². The summed E-state index contributed by atoms with van der Waals surface area (Å²) in [6.07, 6.45) is 0. The zero-order valence-corrected chi connectivity index (χ0v) is 14.0. The van der Waals surface area contributed by atoms with E-state index in [1.165, 1.54) is 21.3 Å². The number of fused-ring (bicyclic) bond motifs is 1. The zero-order valence-electron chi connectivity index (χ0n) is 12.4. The summed E-state index contributed by atoms with van der Waals surface area (Å²) in [5.41, 5.74) is 5.31. The van der Waals surface area contributed by atoms with Gasteiger partial charge in [0.25, 0.3) is 0 Å². The first-order valence-electron chi connectivity index (χ1n) is 6.77. The largest absolute Gasteiger partial charge is 0.477 e. The lowest BCUT2D eigenvalue weighted by molar-refractivity contribution is -0.148. The molecule has 1 aromatic rings. The molecule has 0 unspecified atom stereocenters. The van der Waals surface area contributed by atoms with Gasteiger partial charge in [0.05, 0.1) is 0 Å². The minimum absolute atomic E-state index is 0.0374. The van der Waals surface area contributed by atoms with Gasteiger partial charge in [0.1, 0.15) is 23.7 Å². The molecular weight excluding hydrogens is 358 g/mol. The predicted molar refractivity (Wildman–Crippen MR) is 85.9 cm³/mol. The highest BCUT2D eigenvalue weighted by Gasteiger charge is 2.51.